The zero-order chi connectivity index (χ0) is 11.2. The van der Waals surface area contributed by atoms with Crippen molar-refractivity contribution >= 4 is 27.2 Å². The molecule has 16 heavy (non-hydrogen) atoms. The normalized spacial score (nSPS) is 10.8. The molecular weight excluding hydrogens is 218 g/mol. The van der Waals surface area contributed by atoms with Gasteiger partial charge in [-0.2, -0.15) is 0 Å². The molecule has 0 bridgehead atoms. The fourth-order valence-electron chi connectivity index (χ4n) is 1.61. The number of nitrogens with zero attached hydrogens (tertiary/aromatic N) is 1. The van der Waals surface area contributed by atoms with E-state index < -0.39 is 0 Å². The first-order chi connectivity index (χ1) is 7.92. The van der Waals surface area contributed by atoms with Gasteiger partial charge in [-0.15, -0.1) is 11.3 Å². The highest BCUT2D eigenvalue weighted by molar-refractivity contribution is 7.17. The van der Waals surface area contributed by atoms with Crippen molar-refractivity contribution in [3.8, 4) is 0 Å². The van der Waals surface area contributed by atoms with Gasteiger partial charge in [-0.05, 0) is 30.5 Å². The number of thiophene rings is 1. The topological polar surface area (TPSA) is 37.0 Å². The summed E-state index contributed by atoms with van der Waals surface area (Å²) in [6, 6.07) is 4.18. The molecular formula is C12H17N3S. The second kappa shape index (κ2) is 5.82. The summed E-state index contributed by atoms with van der Waals surface area (Å²) in [6.45, 7) is 5.16. The van der Waals surface area contributed by atoms with E-state index >= 15 is 0 Å². The lowest BCUT2D eigenvalue weighted by atomic mass is 10.3. The lowest BCUT2D eigenvalue weighted by Gasteiger charge is -2.07. The summed E-state index contributed by atoms with van der Waals surface area (Å²) in [4.78, 5) is 4.36. The van der Waals surface area contributed by atoms with E-state index in [2.05, 4.69) is 40.1 Å². The number of rotatable bonds is 6. The molecule has 0 spiro atoms. The van der Waals surface area contributed by atoms with Gasteiger partial charge in [-0.1, -0.05) is 6.92 Å². The maximum Gasteiger partial charge on any atom is 0.134 e. The number of nitrogens with one attached hydrogen (secondary N) is 2. The van der Waals surface area contributed by atoms with E-state index in [-0.39, 0.29) is 0 Å². The molecule has 0 atom stereocenters. The lowest BCUT2D eigenvalue weighted by molar-refractivity contribution is 0.687. The van der Waals surface area contributed by atoms with Gasteiger partial charge in [0, 0.05) is 29.4 Å². The maximum atomic E-state index is 4.36. The monoisotopic (exact) mass is 235 g/mol. The molecule has 3 nitrogen and oxygen atoms in total. The van der Waals surface area contributed by atoms with E-state index in [1.807, 2.05) is 6.20 Å². The minimum absolute atomic E-state index is 0.919. The van der Waals surface area contributed by atoms with Crippen LogP contribution in [0, 0.1) is 0 Å². The summed E-state index contributed by atoms with van der Waals surface area (Å²) in [7, 11) is 0. The van der Waals surface area contributed by atoms with E-state index in [1.54, 1.807) is 11.3 Å². The van der Waals surface area contributed by atoms with Crippen LogP contribution in [0.2, 0.25) is 0 Å². The van der Waals surface area contributed by atoms with Gasteiger partial charge in [0.1, 0.15) is 5.82 Å². The molecule has 0 saturated heterocycles. The highest BCUT2D eigenvalue weighted by Crippen LogP contribution is 2.25. The van der Waals surface area contributed by atoms with Gasteiger partial charge in [0.2, 0.25) is 0 Å². The fraction of sp³-hybridized carbons (Fsp3) is 0.417. The Bertz CT molecular complexity index is 439. The van der Waals surface area contributed by atoms with Crippen molar-refractivity contribution in [2.75, 3.05) is 25.0 Å². The van der Waals surface area contributed by atoms with E-state index in [4.69, 9.17) is 0 Å². The molecule has 0 aliphatic rings. The molecule has 0 amide bonds. The van der Waals surface area contributed by atoms with E-state index in [0.717, 1.165) is 25.5 Å². The molecule has 2 rings (SSSR count). The van der Waals surface area contributed by atoms with Gasteiger partial charge in [0.25, 0.3) is 0 Å². The number of fused-ring (bicyclic) bond motifs is 1. The number of pyridine rings is 1. The van der Waals surface area contributed by atoms with Crippen LogP contribution in [0.3, 0.4) is 0 Å². The molecule has 0 aliphatic carbocycles. The van der Waals surface area contributed by atoms with Gasteiger partial charge >= 0.3 is 0 Å². The van der Waals surface area contributed by atoms with E-state index in [1.165, 1.54) is 16.5 Å². The number of anilines is 1. The fourth-order valence-corrected chi connectivity index (χ4v) is 2.39. The predicted octanol–water partition coefficient (Wildman–Crippen LogP) is 2.71. The summed E-state index contributed by atoms with van der Waals surface area (Å²) < 4.78 is 1.29. The van der Waals surface area contributed by atoms with E-state index in [9.17, 15) is 0 Å². The average molecular weight is 235 g/mol. The predicted molar refractivity (Wildman–Crippen MR) is 71.3 cm³/mol. The molecule has 0 fully saturated rings. The Morgan fingerprint density at radius 3 is 3.06 bits per heavy atom. The quantitative estimate of drug-likeness (QED) is 0.756. The SMILES string of the molecule is CCCNCCNc1nccc2sccc12. The Labute approximate surface area is 99.9 Å². The maximum absolute atomic E-state index is 4.36. The largest absolute Gasteiger partial charge is 0.368 e. The van der Waals surface area contributed by atoms with Crippen molar-refractivity contribution in [1.82, 2.24) is 10.3 Å². The van der Waals surface area contributed by atoms with Crippen molar-refractivity contribution < 1.29 is 0 Å². The Hall–Kier alpha value is -1.13. The third-order valence-corrected chi connectivity index (χ3v) is 3.28. The Morgan fingerprint density at radius 1 is 1.25 bits per heavy atom. The minimum atomic E-state index is 0.919. The molecule has 2 aromatic rings. The molecule has 0 saturated carbocycles. The van der Waals surface area contributed by atoms with Crippen LogP contribution < -0.4 is 10.6 Å². The average Bonchev–Trinajstić information content (AvgIpc) is 2.77. The molecule has 0 aromatic carbocycles. The highest BCUT2D eigenvalue weighted by atomic mass is 32.1. The van der Waals surface area contributed by atoms with Crippen LogP contribution in [-0.2, 0) is 0 Å². The summed E-state index contributed by atoms with van der Waals surface area (Å²) in [5, 5.41) is 10.1. The number of hydrogen-bond donors (Lipinski definition) is 2. The lowest BCUT2D eigenvalue weighted by Crippen LogP contribution is -2.23. The first-order valence-corrected chi connectivity index (χ1v) is 6.56. The zero-order valence-corrected chi connectivity index (χ0v) is 10.3. The number of aromatic nitrogens is 1. The Morgan fingerprint density at radius 2 is 2.19 bits per heavy atom. The molecule has 0 radical (unpaired) electrons. The van der Waals surface area contributed by atoms with Crippen LogP contribution in [0.1, 0.15) is 13.3 Å². The van der Waals surface area contributed by atoms with Crippen LogP contribution in [-0.4, -0.2) is 24.6 Å². The second-order valence-electron chi connectivity index (χ2n) is 3.67. The Balaban J connectivity index is 1.91. The van der Waals surface area contributed by atoms with Gasteiger partial charge < -0.3 is 10.6 Å². The number of hydrogen-bond acceptors (Lipinski definition) is 4. The van der Waals surface area contributed by atoms with Crippen LogP contribution >= 0.6 is 11.3 Å². The first kappa shape index (κ1) is 11.4. The van der Waals surface area contributed by atoms with Crippen LogP contribution in [0.4, 0.5) is 5.82 Å². The molecule has 2 heterocycles. The summed E-state index contributed by atoms with van der Waals surface area (Å²) in [6.07, 6.45) is 3.04. The molecule has 0 aliphatic heterocycles. The smallest absolute Gasteiger partial charge is 0.134 e. The van der Waals surface area contributed by atoms with Gasteiger partial charge in [-0.25, -0.2) is 4.98 Å². The van der Waals surface area contributed by atoms with Crippen molar-refractivity contribution in [3.63, 3.8) is 0 Å². The van der Waals surface area contributed by atoms with Gasteiger partial charge in [-0.3, -0.25) is 0 Å². The third-order valence-electron chi connectivity index (χ3n) is 2.40. The van der Waals surface area contributed by atoms with Crippen LogP contribution in [0.5, 0.6) is 0 Å². The molecule has 86 valence electrons. The van der Waals surface area contributed by atoms with E-state index in [0.29, 0.717) is 0 Å². The van der Waals surface area contributed by atoms with Crippen molar-refractivity contribution in [2.24, 2.45) is 0 Å². The summed E-state index contributed by atoms with van der Waals surface area (Å²) >= 11 is 1.75. The third kappa shape index (κ3) is 2.71. The molecule has 0 unspecified atom stereocenters. The second-order valence-corrected chi connectivity index (χ2v) is 4.62. The van der Waals surface area contributed by atoms with Crippen molar-refractivity contribution in [1.29, 1.82) is 0 Å². The highest BCUT2D eigenvalue weighted by Gasteiger charge is 2.01. The Kier molecular flexibility index (Phi) is 4.13. The standard InChI is InChI=1S/C12H17N3S/c1-2-5-13-7-8-15-12-10-4-9-16-11(10)3-6-14-12/h3-4,6,9,13H,2,5,7-8H2,1H3,(H,14,15). The van der Waals surface area contributed by atoms with Gasteiger partial charge in [0.15, 0.2) is 0 Å². The van der Waals surface area contributed by atoms with Crippen LogP contribution in [0.25, 0.3) is 10.1 Å². The van der Waals surface area contributed by atoms with Crippen molar-refractivity contribution in [3.05, 3.63) is 23.7 Å². The summed E-state index contributed by atoms with van der Waals surface area (Å²) in [5.74, 6) is 0.997. The van der Waals surface area contributed by atoms with Crippen molar-refractivity contribution in [2.45, 2.75) is 13.3 Å². The zero-order valence-electron chi connectivity index (χ0n) is 9.49. The molecule has 2 N–H and O–H groups in total. The van der Waals surface area contributed by atoms with Gasteiger partial charge in [0.05, 0.1) is 0 Å². The first-order valence-electron chi connectivity index (χ1n) is 5.68. The van der Waals surface area contributed by atoms with Crippen LogP contribution in [0.15, 0.2) is 23.7 Å². The summed E-state index contributed by atoms with van der Waals surface area (Å²) in [5.41, 5.74) is 0. The molecule has 2 aromatic heterocycles. The molecule has 4 heteroatoms. The minimum Gasteiger partial charge on any atom is -0.368 e.